The zero-order valence-electron chi connectivity index (χ0n) is 9.52. The van der Waals surface area contributed by atoms with Crippen LogP contribution >= 0.6 is 0 Å². The molecule has 12 heteroatoms. The molecule has 1 unspecified atom stereocenters. The maximum Gasteiger partial charge on any atom is 0.399 e. The highest BCUT2D eigenvalue weighted by Gasteiger charge is 2.56. The van der Waals surface area contributed by atoms with Gasteiger partial charge in [-0.15, -0.1) is 0 Å². The Morgan fingerprint density at radius 2 is 1.60 bits per heavy atom. The van der Waals surface area contributed by atoms with Crippen molar-refractivity contribution >= 4 is 17.0 Å². The van der Waals surface area contributed by atoms with E-state index in [-0.39, 0.29) is 0 Å². The molecular weight excluding hydrogens is 325 g/mol. The maximum atomic E-state index is 12.8. The molecule has 0 radical (unpaired) electrons. The molecule has 1 atom stereocenters. The van der Waals surface area contributed by atoms with Crippen LogP contribution in [0.4, 0.5) is 30.7 Å². The Labute approximate surface area is 110 Å². The Hall–Kier alpha value is -0.910. The van der Waals surface area contributed by atoms with E-state index in [0.717, 1.165) is 0 Å². The lowest BCUT2D eigenvalue weighted by atomic mass is 10.2. The van der Waals surface area contributed by atoms with Crippen LogP contribution in [0.15, 0.2) is 0 Å². The Balaban J connectivity index is 4.19. The van der Waals surface area contributed by atoms with E-state index in [1.165, 1.54) is 0 Å². The molecule has 0 saturated heterocycles. The topological polar surface area (TPSA) is 66.4 Å². The normalized spacial score (nSPS) is 15.0. The number of carbonyl (C=O) groups is 1. The highest BCUT2D eigenvalue weighted by molar-refractivity contribution is 7.80. The first kappa shape index (κ1) is 19.1. The summed E-state index contributed by atoms with van der Waals surface area (Å²) in [6.07, 6.45) is -9.38. The number of carbonyl (C=O) groups excluding carboxylic acids is 1. The van der Waals surface area contributed by atoms with Crippen LogP contribution in [0.1, 0.15) is 19.3 Å². The van der Waals surface area contributed by atoms with Crippen molar-refractivity contribution in [3.63, 3.8) is 0 Å². The van der Waals surface area contributed by atoms with Gasteiger partial charge in [0.1, 0.15) is 6.42 Å². The van der Waals surface area contributed by atoms with E-state index in [1.54, 1.807) is 0 Å². The van der Waals surface area contributed by atoms with Gasteiger partial charge in [-0.05, 0) is 6.42 Å². The largest absolute Gasteiger partial charge is 0.768 e. The number of alkyl halides is 7. The van der Waals surface area contributed by atoms with Crippen molar-refractivity contribution in [3.05, 3.63) is 0 Å². The molecule has 0 saturated carbocycles. The molecule has 0 rings (SSSR count). The van der Waals surface area contributed by atoms with E-state index in [2.05, 4.69) is 4.74 Å². The Bertz CT molecular complexity index is 368. The summed E-state index contributed by atoms with van der Waals surface area (Å²) < 4.78 is 109. The van der Waals surface area contributed by atoms with Crippen molar-refractivity contribution in [2.45, 2.75) is 36.6 Å². The molecule has 0 heterocycles. The van der Waals surface area contributed by atoms with Crippen LogP contribution in [0.5, 0.6) is 0 Å². The van der Waals surface area contributed by atoms with Gasteiger partial charge in [-0.25, -0.2) is 0 Å². The van der Waals surface area contributed by atoms with Gasteiger partial charge in [-0.1, -0.05) is 0 Å². The van der Waals surface area contributed by atoms with Crippen molar-refractivity contribution in [3.8, 4) is 0 Å². The first-order valence-electron chi connectivity index (χ1n) is 4.87. The average Bonchev–Trinajstić information content (AvgIpc) is 2.21. The van der Waals surface area contributed by atoms with Crippen LogP contribution in [-0.2, 0) is 20.6 Å². The lowest BCUT2D eigenvalue weighted by Gasteiger charge is -2.27. The monoisotopic (exact) mass is 333 g/mol. The summed E-state index contributed by atoms with van der Waals surface area (Å²) in [5, 5.41) is -5.32. The molecule has 0 spiro atoms. The average molecular weight is 333 g/mol. The minimum Gasteiger partial charge on any atom is -0.768 e. The third-order valence-corrected chi connectivity index (χ3v) is 2.60. The van der Waals surface area contributed by atoms with Crippen molar-refractivity contribution < 1.29 is 49.0 Å². The molecular formula is C8H8F7O4S-. The second-order valence-electron chi connectivity index (χ2n) is 3.57. The van der Waals surface area contributed by atoms with E-state index in [1.807, 2.05) is 0 Å². The van der Waals surface area contributed by atoms with Crippen molar-refractivity contribution in [1.82, 2.24) is 0 Å². The number of halogens is 7. The van der Waals surface area contributed by atoms with Gasteiger partial charge in [0.05, 0.1) is 6.61 Å². The van der Waals surface area contributed by atoms with E-state index in [9.17, 15) is 44.3 Å². The molecule has 4 nitrogen and oxygen atoms in total. The number of rotatable bonds is 7. The van der Waals surface area contributed by atoms with Crippen LogP contribution in [0.2, 0.25) is 0 Å². The number of hydrogen-bond acceptors (Lipinski definition) is 4. The molecule has 120 valence electrons. The summed E-state index contributed by atoms with van der Waals surface area (Å²) in [7, 11) is 0. The van der Waals surface area contributed by atoms with Gasteiger partial charge in [0, 0.05) is 17.5 Å². The summed E-state index contributed by atoms with van der Waals surface area (Å²) in [5.41, 5.74) is 0. The minimum atomic E-state index is -5.32. The summed E-state index contributed by atoms with van der Waals surface area (Å²) in [5.74, 6) is -6.67. The molecule has 0 aliphatic rings. The van der Waals surface area contributed by atoms with Crippen molar-refractivity contribution in [2.75, 3.05) is 6.61 Å². The van der Waals surface area contributed by atoms with Gasteiger partial charge in [0.15, 0.2) is 0 Å². The van der Waals surface area contributed by atoms with Crippen molar-refractivity contribution in [1.29, 1.82) is 0 Å². The zero-order valence-corrected chi connectivity index (χ0v) is 10.3. The Morgan fingerprint density at radius 1 is 1.10 bits per heavy atom. The van der Waals surface area contributed by atoms with E-state index in [4.69, 9.17) is 0 Å². The fourth-order valence-corrected chi connectivity index (χ4v) is 1.31. The molecule has 0 aromatic rings. The van der Waals surface area contributed by atoms with Gasteiger partial charge in [-0.2, -0.15) is 30.7 Å². The smallest absolute Gasteiger partial charge is 0.399 e. The van der Waals surface area contributed by atoms with Crippen LogP contribution in [-0.4, -0.2) is 38.7 Å². The predicted octanol–water partition coefficient (Wildman–Crippen LogP) is 2.37. The Morgan fingerprint density at radius 3 is 2.00 bits per heavy atom. The molecule has 0 bridgehead atoms. The second-order valence-corrected chi connectivity index (χ2v) is 4.55. The number of ether oxygens (including phenoxy) is 1. The summed E-state index contributed by atoms with van der Waals surface area (Å²) >= 11 is -4.36. The van der Waals surface area contributed by atoms with Gasteiger partial charge in [0.2, 0.25) is 0 Å². The predicted molar refractivity (Wildman–Crippen MR) is 49.7 cm³/mol. The summed E-state index contributed by atoms with van der Waals surface area (Å²) in [6, 6.07) is 0. The minimum absolute atomic E-state index is 0.927. The lowest BCUT2D eigenvalue weighted by Crippen LogP contribution is -2.44. The highest BCUT2D eigenvalue weighted by Crippen LogP contribution is 2.39. The lowest BCUT2D eigenvalue weighted by molar-refractivity contribution is -0.175. The van der Waals surface area contributed by atoms with Gasteiger partial charge in [0.25, 0.3) is 0 Å². The zero-order chi connectivity index (χ0) is 16.2. The molecule has 0 aliphatic heterocycles. The summed E-state index contributed by atoms with van der Waals surface area (Å²) in [4.78, 5) is 10.5. The Kier molecular flexibility index (Phi) is 6.39. The fraction of sp³-hybridized carbons (Fsp3) is 0.875. The molecule has 0 fully saturated rings. The second kappa shape index (κ2) is 6.70. The molecule has 0 N–H and O–H groups in total. The van der Waals surface area contributed by atoms with Gasteiger partial charge >= 0.3 is 23.3 Å². The number of hydrogen-bond donors (Lipinski definition) is 0. The first-order chi connectivity index (χ1) is 8.79. The van der Waals surface area contributed by atoms with Crippen LogP contribution in [0, 0.1) is 0 Å². The molecule has 0 aliphatic carbocycles. The van der Waals surface area contributed by atoms with Gasteiger partial charge in [-0.3, -0.25) is 9.00 Å². The number of esters is 1. The first-order valence-corrected chi connectivity index (χ1v) is 5.94. The van der Waals surface area contributed by atoms with Crippen molar-refractivity contribution in [2.24, 2.45) is 0 Å². The highest BCUT2D eigenvalue weighted by atomic mass is 32.2. The SMILES string of the molecule is O=C(CC(F)(F)F)OCCCC(F)(F)C(F)(F)S(=O)[O-]. The maximum absolute atomic E-state index is 12.8. The van der Waals surface area contributed by atoms with Crippen LogP contribution < -0.4 is 0 Å². The fourth-order valence-electron chi connectivity index (χ4n) is 0.962. The third-order valence-electron chi connectivity index (χ3n) is 1.88. The van der Waals surface area contributed by atoms with E-state index < -0.39 is 60.3 Å². The molecule has 0 aromatic carbocycles. The standard InChI is InChI=1S/C8H9F7O4S/c9-6(10,8(14,15)20(17)18)2-1-3-19-5(16)4-7(11,12)13/h1-4H2,(H,17,18)/p-1. The molecule has 0 aromatic heterocycles. The third kappa shape index (κ3) is 6.03. The quantitative estimate of drug-likeness (QED) is 0.310. The van der Waals surface area contributed by atoms with E-state index >= 15 is 0 Å². The molecule has 20 heavy (non-hydrogen) atoms. The van der Waals surface area contributed by atoms with E-state index in [0.29, 0.717) is 0 Å². The van der Waals surface area contributed by atoms with Gasteiger partial charge < -0.3 is 9.29 Å². The summed E-state index contributed by atoms with van der Waals surface area (Å²) in [6.45, 7) is -0.966. The molecule has 0 amide bonds. The van der Waals surface area contributed by atoms with Crippen LogP contribution in [0.25, 0.3) is 0 Å². The van der Waals surface area contributed by atoms with Crippen LogP contribution in [0.3, 0.4) is 0 Å².